The van der Waals surface area contributed by atoms with Crippen LogP contribution in [0.2, 0.25) is 0 Å². The van der Waals surface area contributed by atoms with Crippen molar-refractivity contribution in [1.29, 1.82) is 0 Å². The predicted octanol–water partition coefficient (Wildman–Crippen LogP) is 4.12. The Kier molecular flexibility index (Phi) is 6.27. The molecule has 0 bridgehead atoms. The molecule has 0 radical (unpaired) electrons. The lowest BCUT2D eigenvalue weighted by molar-refractivity contribution is -0.123. The zero-order valence-corrected chi connectivity index (χ0v) is 17.3. The number of methoxy groups -OCH3 is 1. The van der Waals surface area contributed by atoms with Crippen molar-refractivity contribution in [3.05, 3.63) is 56.5 Å². The van der Waals surface area contributed by atoms with E-state index in [1.165, 1.54) is 12.0 Å². The van der Waals surface area contributed by atoms with E-state index in [9.17, 15) is 14.7 Å². The molecule has 1 aliphatic heterocycles. The van der Waals surface area contributed by atoms with Gasteiger partial charge in [0.1, 0.15) is 12.4 Å². The lowest BCUT2D eigenvalue weighted by atomic mass is 10.2. The molecule has 0 aromatic heterocycles. The molecule has 0 saturated carbocycles. The van der Waals surface area contributed by atoms with Gasteiger partial charge in [-0.05, 0) is 70.3 Å². The number of benzene rings is 2. The van der Waals surface area contributed by atoms with Crippen LogP contribution in [0, 0.1) is 3.57 Å². The molecule has 1 aliphatic rings. The number of carbonyl (C=O) groups excluding carboxylic acids is 2. The van der Waals surface area contributed by atoms with Gasteiger partial charge in [0.25, 0.3) is 11.1 Å². The number of phenols is 1. The Labute approximate surface area is 174 Å². The summed E-state index contributed by atoms with van der Waals surface area (Å²) < 4.78 is 11.3. The van der Waals surface area contributed by atoms with Crippen LogP contribution in [0.3, 0.4) is 0 Å². The summed E-state index contributed by atoms with van der Waals surface area (Å²) in [7, 11) is 1.45. The Balaban J connectivity index is 1.70. The molecule has 1 fully saturated rings. The summed E-state index contributed by atoms with van der Waals surface area (Å²) in [4.78, 5) is 26.2. The zero-order valence-electron chi connectivity index (χ0n) is 14.3. The zero-order chi connectivity index (χ0) is 19.4. The molecular weight excluding hydrogens is 481 g/mol. The number of phenolic OH excluding ortho intramolecular Hbond substituents is 1. The topological polar surface area (TPSA) is 76.1 Å². The molecule has 0 spiro atoms. The number of imide groups is 1. The second kappa shape index (κ2) is 8.66. The smallest absolute Gasteiger partial charge is 0.293 e. The molecule has 3 rings (SSSR count). The minimum absolute atomic E-state index is 0.0430. The minimum Gasteiger partial charge on any atom is -0.504 e. The van der Waals surface area contributed by atoms with E-state index in [1.54, 1.807) is 18.2 Å². The highest BCUT2D eigenvalue weighted by atomic mass is 127. The second-order valence-electron chi connectivity index (χ2n) is 5.55. The Bertz CT molecular complexity index is 900. The maximum Gasteiger partial charge on any atom is 0.293 e. The minimum atomic E-state index is -0.358. The highest BCUT2D eigenvalue weighted by Gasteiger charge is 2.34. The summed E-state index contributed by atoms with van der Waals surface area (Å²) in [5.74, 6) is 0.680. The molecule has 8 heteroatoms. The van der Waals surface area contributed by atoms with Crippen LogP contribution >= 0.6 is 34.4 Å². The number of carbonyl (C=O) groups is 2. The summed E-state index contributed by atoms with van der Waals surface area (Å²) in [6, 6.07) is 12.5. The van der Waals surface area contributed by atoms with Crippen LogP contribution in [0.15, 0.2) is 47.4 Å². The normalized spacial score (nSPS) is 15.5. The molecule has 0 unspecified atom stereocenters. The number of para-hydroxylation sites is 1. The maximum absolute atomic E-state index is 12.5. The van der Waals surface area contributed by atoms with Gasteiger partial charge in [-0.3, -0.25) is 14.5 Å². The summed E-state index contributed by atoms with van der Waals surface area (Å²) in [6.45, 7) is 0.396. The standard InChI is InChI=1S/C19H16INO5S/c1-25-15-10-12(9-14(20)17(15)22)11-16-18(23)21(19(24)27-16)7-8-26-13-5-3-2-4-6-13/h2-6,9-11,22H,7-8H2,1H3/b16-11+. The monoisotopic (exact) mass is 497 g/mol. The van der Waals surface area contributed by atoms with Crippen LogP contribution in [-0.4, -0.2) is 41.4 Å². The lowest BCUT2D eigenvalue weighted by Gasteiger charge is -2.13. The van der Waals surface area contributed by atoms with Crippen molar-refractivity contribution in [2.45, 2.75) is 0 Å². The first kappa shape index (κ1) is 19.6. The summed E-state index contributed by atoms with van der Waals surface area (Å²) in [6.07, 6.45) is 1.62. The molecule has 140 valence electrons. The number of rotatable bonds is 6. The first-order valence-corrected chi connectivity index (χ1v) is 9.89. The summed E-state index contributed by atoms with van der Waals surface area (Å²) >= 11 is 2.86. The third-order valence-electron chi connectivity index (χ3n) is 3.77. The third kappa shape index (κ3) is 4.56. The van der Waals surface area contributed by atoms with Crippen LogP contribution in [0.4, 0.5) is 4.79 Å². The molecule has 0 atom stereocenters. The van der Waals surface area contributed by atoms with Gasteiger partial charge in [0.05, 0.1) is 22.1 Å². The summed E-state index contributed by atoms with van der Waals surface area (Å²) in [5, 5.41) is 9.58. The molecule has 1 N–H and O–H groups in total. The molecule has 1 saturated heterocycles. The van der Waals surface area contributed by atoms with Crippen LogP contribution in [-0.2, 0) is 4.79 Å². The molecule has 27 heavy (non-hydrogen) atoms. The van der Waals surface area contributed by atoms with Gasteiger partial charge in [0.15, 0.2) is 11.5 Å². The lowest BCUT2D eigenvalue weighted by Crippen LogP contribution is -2.32. The van der Waals surface area contributed by atoms with Crippen molar-refractivity contribution in [2.24, 2.45) is 0 Å². The van der Waals surface area contributed by atoms with Crippen LogP contribution in [0.5, 0.6) is 17.2 Å². The predicted molar refractivity (Wildman–Crippen MR) is 112 cm³/mol. The SMILES string of the molecule is COc1cc(/C=C2/SC(=O)N(CCOc3ccccc3)C2=O)cc(I)c1O. The number of amides is 2. The van der Waals surface area contributed by atoms with E-state index < -0.39 is 0 Å². The fraction of sp³-hybridized carbons (Fsp3) is 0.158. The quantitative estimate of drug-likeness (QED) is 0.478. The first-order valence-electron chi connectivity index (χ1n) is 7.99. The van der Waals surface area contributed by atoms with Gasteiger partial charge in [-0.25, -0.2) is 0 Å². The molecule has 1 heterocycles. The molecule has 0 aliphatic carbocycles. The van der Waals surface area contributed by atoms with Crippen molar-refractivity contribution >= 4 is 51.6 Å². The second-order valence-corrected chi connectivity index (χ2v) is 7.70. The van der Waals surface area contributed by atoms with Gasteiger partial charge in [0.2, 0.25) is 0 Å². The third-order valence-corrected chi connectivity index (χ3v) is 5.50. The highest BCUT2D eigenvalue weighted by molar-refractivity contribution is 14.1. The van der Waals surface area contributed by atoms with Crippen molar-refractivity contribution in [2.75, 3.05) is 20.3 Å². The van der Waals surface area contributed by atoms with Gasteiger partial charge in [-0.1, -0.05) is 18.2 Å². The Morgan fingerprint density at radius 3 is 2.67 bits per heavy atom. The largest absolute Gasteiger partial charge is 0.504 e. The van der Waals surface area contributed by atoms with Crippen molar-refractivity contribution in [3.63, 3.8) is 0 Å². The highest BCUT2D eigenvalue weighted by Crippen LogP contribution is 2.36. The van der Waals surface area contributed by atoms with E-state index in [-0.39, 0.29) is 30.0 Å². The Hall–Kier alpha value is -2.20. The molecule has 6 nitrogen and oxygen atoms in total. The van der Waals surface area contributed by atoms with Gasteiger partial charge in [-0.2, -0.15) is 0 Å². The van der Waals surface area contributed by atoms with E-state index in [1.807, 2.05) is 52.9 Å². The first-order chi connectivity index (χ1) is 13.0. The maximum atomic E-state index is 12.5. The van der Waals surface area contributed by atoms with Crippen LogP contribution in [0.25, 0.3) is 6.08 Å². The molecule has 2 amide bonds. The van der Waals surface area contributed by atoms with Crippen molar-refractivity contribution in [1.82, 2.24) is 4.90 Å². The Morgan fingerprint density at radius 2 is 1.96 bits per heavy atom. The fourth-order valence-electron chi connectivity index (χ4n) is 2.45. The van der Waals surface area contributed by atoms with Crippen molar-refractivity contribution in [3.8, 4) is 17.2 Å². The molecular formula is C19H16INO5S. The average molecular weight is 497 g/mol. The average Bonchev–Trinajstić information content (AvgIpc) is 2.92. The number of hydrogen-bond donors (Lipinski definition) is 1. The number of halogens is 1. The van der Waals surface area contributed by atoms with E-state index in [0.717, 1.165) is 11.8 Å². The number of ether oxygens (including phenoxy) is 2. The van der Waals surface area contributed by atoms with Gasteiger partial charge < -0.3 is 14.6 Å². The van der Waals surface area contributed by atoms with Gasteiger partial charge in [0, 0.05) is 0 Å². The van der Waals surface area contributed by atoms with Crippen LogP contribution in [0.1, 0.15) is 5.56 Å². The number of aromatic hydroxyl groups is 1. The number of thioether (sulfide) groups is 1. The number of nitrogens with zero attached hydrogens (tertiary/aromatic N) is 1. The van der Waals surface area contributed by atoms with E-state index in [4.69, 9.17) is 9.47 Å². The fourth-order valence-corrected chi connectivity index (χ4v) is 3.94. The molecule has 2 aromatic carbocycles. The molecule has 2 aromatic rings. The van der Waals surface area contributed by atoms with E-state index in [2.05, 4.69) is 0 Å². The van der Waals surface area contributed by atoms with E-state index in [0.29, 0.717) is 25.5 Å². The number of hydrogen-bond acceptors (Lipinski definition) is 6. The van der Waals surface area contributed by atoms with E-state index >= 15 is 0 Å². The van der Waals surface area contributed by atoms with Gasteiger partial charge >= 0.3 is 0 Å². The summed E-state index contributed by atoms with van der Waals surface area (Å²) in [5.41, 5.74) is 0.667. The van der Waals surface area contributed by atoms with Crippen molar-refractivity contribution < 1.29 is 24.2 Å². The van der Waals surface area contributed by atoms with Gasteiger partial charge in [-0.15, -0.1) is 0 Å². The Morgan fingerprint density at radius 1 is 1.22 bits per heavy atom. The van der Waals surface area contributed by atoms with Crippen LogP contribution < -0.4 is 9.47 Å².